The highest BCUT2D eigenvalue weighted by Gasteiger charge is 2.43. The molecule has 36 heavy (non-hydrogen) atoms. The Kier molecular flexibility index (Phi) is 8.42. The number of nitrogens with zero attached hydrogens (tertiary/aromatic N) is 2. The largest absolute Gasteiger partial charge is 0.479 e. The number of benzene rings is 2. The zero-order chi connectivity index (χ0) is 25.7. The monoisotopic (exact) mass is 495 g/mol. The average Bonchev–Trinajstić information content (AvgIpc) is 3.26. The average molecular weight is 496 g/mol. The number of rotatable bonds is 12. The number of hydrogen-bond acceptors (Lipinski definition) is 4. The summed E-state index contributed by atoms with van der Waals surface area (Å²) in [5.74, 6) is -0.254. The first-order chi connectivity index (χ1) is 17.3. The third kappa shape index (κ3) is 5.95. The summed E-state index contributed by atoms with van der Waals surface area (Å²) in [5.41, 5.74) is 2.88. The molecule has 6 nitrogen and oxygen atoms in total. The lowest BCUT2D eigenvalue weighted by Gasteiger charge is -2.37. The first kappa shape index (κ1) is 26.3. The molecule has 0 amide bonds. The van der Waals surface area contributed by atoms with Crippen molar-refractivity contribution in [2.24, 2.45) is 5.92 Å². The van der Waals surface area contributed by atoms with Gasteiger partial charge in [-0.1, -0.05) is 32.0 Å². The molecule has 2 aromatic carbocycles. The van der Waals surface area contributed by atoms with Crippen molar-refractivity contribution in [2.75, 3.05) is 26.7 Å². The minimum absolute atomic E-state index is 0.0911. The SMILES string of the molecule is CC(C)[C@](CCN(C)CCCc1nc2ccccc2[nH]1)(OC[C@H]1CCCc2cc(F)ccc21)C(=O)O. The summed E-state index contributed by atoms with van der Waals surface area (Å²) in [6.07, 6.45) is 4.91. The summed E-state index contributed by atoms with van der Waals surface area (Å²) in [6.45, 7) is 5.63. The molecule has 3 aromatic rings. The van der Waals surface area contributed by atoms with E-state index in [4.69, 9.17) is 4.74 Å². The number of para-hydroxylation sites is 2. The predicted molar refractivity (Wildman–Crippen MR) is 140 cm³/mol. The van der Waals surface area contributed by atoms with Gasteiger partial charge in [0.1, 0.15) is 11.6 Å². The fourth-order valence-corrected chi connectivity index (χ4v) is 5.36. The van der Waals surface area contributed by atoms with E-state index in [9.17, 15) is 14.3 Å². The van der Waals surface area contributed by atoms with Crippen molar-refractivity contribution in [3.8, 4) is 0 Å². The lowest BCUT2D eigenvalue weighted by Crippen LogP contribution is -2.49. The van der Waals surface area contributed by atoms with E-state index in [1.54, 1.807) is 6.07 Å². The Morgan fingerprint density at radius 1 is 1.28 bits per heavy atom. The van der Waals surface area contributed by atoms with Gasteiger partial charge in [0.2, 0.25) is 0 Å². The maximum absolute atomic E-state index is 13.7. The van der Waals surface area contributed by atoms with Crippen molar-refractivity contribution < 1.29 is 19.0 Å². The van der Waals surface area contributed by atoms with Gasteiger partial charge < -0.3 is 19.7 Å². The minimum Gasteiger partial charge on any atom is -0.479 e. The Morgan fingerprint density at radius 3 is 2.83 bits per heavy atom. The number of aliphatic carboxylic acids is 1. The van der Waals surface area contributed by atoms with Crippen LogP contribution in [0.1, 0.15) is 62.4 Å². The number of aryl methyl sites for hydroxylation is 2. The number of fused-ring (bicyclic) bond motifs is 2. The number of halogens is 1. The summed E-state index contributed by atoms with van der Waals surface area (Å²) in [4.78, 5) is 22.7. The third-order valence-electron chi connectivity index (χ3n) is 7.64. The maximum Gasteiger partial charge on any atom is 0.336 e. The van der Waals surface area contributed by atoms with Crippen LogP contribution in [0.3, 0.4) is 0 Å². The summed E-state index contributed by atoms with van der Waals surface area (Å²) >= 11 is 0. The number of ether oxygens (including phenoxy) is 1. The van der Waals surface area contributed by atoms with E-state index in [0.717, 1.165) is 66.6 Å². The van der Waals surface area contributed by atoms with Gasteiger partial charge in [0.15, 0.2) is 5.60 Å². The number of hydrogen-bond donors (Lipinski definition) is 2. The highest BCUT2D eigenvalue weighted by atomic mass is 19.1. The second-order valence-corrected chi connectivity index (χ2v) is 10.5. The van der Waals surface area contributed by atoms with Crippen LogP contribution in [-0.2, 0) is 22.4 Å². The molecule has 1 aliphatic carbocycles. The molecule has 0 saturated heterocycles. The van der Waals surface area contributed by atoms with Crippen LogP contribution in [0.25, 0.3) is 11.0 Å². The Bertz CT molecular complexity index is 1140. The van der Waals surface area contributed by atoms with Crippen LogP contribution < -0.4 is 0 Å². The third-order valence-corrected chi connectivity index (χ3v) is 7.64. The fraction of sp³-hybridized carbons (Fsp3) is 0.517. The zero-order valence-corrected chi connectivity index (χ0v) is 21.6. The van der Waals surface area contributed by atoms with Crippen LogP contribution in [-0.4, -0.2) is 58.3 Å². The Balaban J connectivity index is 1.33. The maximum atomic E-state index is 13.7. The highest BCUT2D eigenvalue weighted by Crippen LogP contribution is 2.35. The van der Waals surface area contributed by atoms with Gasteiger partial charge in [0, 0.05) is 25.3 Å². The first-order valence-corrected chi connectivity index (χ1v) is 13.1. The van der Waals surface area contributed by atoms with Gasteiger partial charge >= 0.3 is 5.97 Å². The number of aromatic nitrogens is 2. The van der Waals surface area contributed by atoms with Crippen molar-refractivity contribution in [3.63, 3.8) is 0 Å². The molecule has 0 bridgehead atoms. The molecule has 1 aliphatic rings. The second kappa shape index (κ2) is 11.5. The quantitative estimate of drug-likeness (QED) is 0.343. The van der Waals surface area contributed by atoms with Crippen molar-refractivity contribution in [1.29, 1.82) is 0 Å². The van der Waals surface area contributed by atoms with E-state index in [0.29, 0.717) is 19.6 Å². The normalized spacial score (nSPS) is 17.4. The number of carboxylic acid groups (broad SMARTS) is 1. The molecule has 0 unspecified atom stereocenters. The molecule has 0 fully saturated rings. The van der Waals surface area contributed by atoms with Crippen LogP contribution in [0.4, 0.5) is 4.39 Å². The number of H-pyrrole nitrogens is 1. The van der Waals surface area contributed by atoms with Gasteiger partial charge in [-0.3, -0.25) is 0 Å². The van der Waals surface area contributed by atoms with E-state index in [1.807, 2.05) is 51.2 Å². The molecule has 1 heterocycles. The number of carboxylic acids is 1. The smallest absolute Gasteiger partial charge is 0.336 e. The Labute approximate surface area is 212 Å². The van der Waals surface area contributed by atoms with Crippen LogP contribution >= 0.6 is 0 Å². The number of nitrogens with one attached hydrogen (secondary N) is 1. The van der Waals surface area contributed by atoms with Gasteiger partial charge in [-0.15, -0.1) is 0 Å². The van der Waals surface area contributed by atoms with Crippen LogP contribution in [0.5, 0.6) is 0 Å². The van der Waals surface area contributed by atoms with Gasteiger partial charge in [-0.05, 0) is 80.6 Å². The van der Waals surface area contributed by atoms with E-state index in [-0.39, 0.29) is 17.7 Å². The summed E-state index contributed by atoms with van der Waals surface area (Å²) < 4.78 is 20.0. The number of aromatic amines is 1. The van der Waals surface area contributed by atoms with Crippen molar-refractivity contribution >= 4 is 17.0 Å². The highest BCUT2D eigenvalue weighted by molar-refractivity contribution is 5.78. The topological polar surface area (TPSA) is 78.5 Å². The molecule has 0 spiro atoms. The number of imidazole rings is 1. The molecule has 1 aromatic heterocycles. The van der Waals surface area contributed by atoms with Crippen molar-refractivity contribution in [1.82, 2.24) is 14.9 Å². The minimum atomic E-state index is -1.26. The van der Waals surface area contributed by atoms with Gasteiger partial charge in [-0.2, -0.15) is 0 Å². The molecular formula is C29H38FN3O3. The van der Waals surface area contributed by atoms with E-state index >= 15 is 0 Å². The van der Waals surface area contributed by atoms with Crippen molar-refractivity contribution in [3.05, 3.63) is 65.2 Å². The Morgan fingerprint density at radius 2 is 2.08 bits per heavy atom. The van der Waals surface area contributed by atoms with E-state index in [2.05, 4.69) is 14.9 Å². The Hall–Kier alpha value is -2.77. The van der Waals surface area contributed by atoms with E-state index < -0.39 is 11.6 Å². The second-order valence-electron chi connectivity index (χ2n) is 10.5. The summed E-state index contributed by atoms with van der Waals surface area (Å²) in [6, 6.07) is 12.9. The molecule has 194 valence electrons. The molecule has 2 N–H and O–H groups in total. The summed E-state index contributed by atoms with van der Waals surface area (Å²) in [5, 5.41) is 10.3. The standard InChI is InChI=1S/C29H38FN3O3/c1-20(2)29(28(34)35,36-19-22-9-6-8-21-18-23(30)13-14-24(21)22)15-17-33(3)16-7-12-27-31-25-10-4-5-11-26(25)32-27/h4-5,10-11,13-14,18,20,22H,6-9,12,15-17,19H2,1-3H3,(H,31,32)(H,34,35)/t22-,29+/m1/s1. The lowest BCUT2D eigenvalue weighted by molar-refractivity contribution is -0.176. The summed E-state index contributed by atoms with van der Waals surface area (Å²) in [7, 11) is 2.03. The zero-order valence-electron chi connectivity index (χ0n) is 21.6. The fourth-order valence-electron chi connectivity index (χ4n) is 5.36. The molecular weight excluding hydrogens is 457 g/mol. The molecule has 4 rings (SSSR count). The number of carbonyl (C=O) groups is 1. The van der Waals surface area contributed by atoms with Crippen LogP contribution in [0, 0.1) is 11.7 Å². The van der Waals surface area contributed by atoms with Gasteiger partial charge in [0.05, 0.1) is 17.6 Å². The molecule has 0 saturated carbocycles. The molecule has 2 atom stereocenters. The van der Waals surface area contributed by atoms with Crippen LogP contribution in [0.15, 0.2) is 42.5 Å². The molecule has 0 aliphatic heterocycles. The van der Waals surface area contributed by atoms with Crippen molar-refractivity contribution in [2.45, 2.75) is 63.9 Å². The molecule has 7 heteroatoms. The van der Waals surface area contributed by atoms with E-state index in [1.165, 1.54) is 6.07 Å². The van der Waals surface area contributed by atoms with Gasteiger partial charge in [0.25, 0.3) is 0 Å². The molecule has 0 radical (unpaired) electrons. The van der Waals surface area contributed by atoms with Crippen LogP contribution in [0.2, 0.25) is 0 Å². The lowest BCUT2D eigenvalue weighted by atomic mass is 9.82. The predicted octanol–water partition coefficient (Wildman–Crippen LogP) is 5.57. The first-order valence-electron chi connectivity index (χ1n) is 13.1. The van der Waals surface area contributed by atoms with Gasteiger partial charge in [-0.25, -0.2) is 14.2 Å².